The second-order valence-electron chi connectivity index (χ2n) is 5.80. The van der Waals surface area contributed by atoms with Crippen molar-refractivity contribution in [3.63, 3.8) is 0 Å². The van der Waals surface area contributed by atoms with Crippen LogP contribution in [-0.2, 0) is 0 Å². The van der Waals surface area contributed by atoms with Gasteiger partial charge in [-0.15, -0.1) is 0 Å². The molecule has 0 heterocycles. The molecule has 0 amide bonds. The van der Waals surface area contributed by atoms with Crippen LogP contribution in [0.5, 0.6) is 0 Å². The Morgan fingerprint density at radius 2 is 1.75 bits per heavy atom. The number of hydrogen-bond donors (Lipinski definition) is 2. The second kappa shape index (κ2) is 7.29. The number of aliphatic hydroxyl groups excluding tert-OH is 1. The number of aliphatic hydroxyl groups is 1. The minimum Gasteiger partial charge on any atom is -0.393 e. The van der Waals surface area contributed by atoms with Gasteiger partial charge in [-0.05, 0) is 63.8 Å². The van der Waals surface area contributed by atoms with E-state index in [1.165, 1.54) is 25.7 Å². The maximum absolute atomic E-state index is 9.16. The highest BCUT2D eigenvalue weighted by atomic mass is 16.3. The molecule has 1 fully saturated rings. The summed E-state index contributed by atoms with van der Waals surface area (Å²) in [4.78, 5) is 0. The molecule has 1 saturated carbocycles. The average molecular weight is 227 g/mol. The molecular weight excluding hydrogens is 198 g/mol. The minimum absolute atomic E-state index is 0.140. The van der Waals surface area contributed by atoms with Gasteiger partial charge in [0.15, 0.2) is 0 Å². The van der Waals surface area contributed by atoms with Gasteiger partial charge in [0.1, 0.15) is 0 Å². The van der Waals surface area contributed by atoms with Crippen molar-refractivity contribution in [2.45, 2.75) is 71.4 Å². The summed E-state index contributed by atoms with van der Waals surface area (Å²) in [5.74, 6) is 1.81. The zero-order chi connectivity index (χ0) is 12.0. The molecule has 0 saturated heterocycles. The van der Waals surface area contributed by atoms with Crippen LogP contribution < -0.4 is 5.32 Å². The van der Waals surface area contributed by atoms with Gasteiger partial charge in [-0.2, -0.15) is 0 Å². The van der Waals surface area contributed by atoms with E-state index in [0.29, 0.717) is 0 Å². The Hall–Kier alpha value is -0.0800. The molecule has 0 radical (unpaired) electrons. The molecule has 0 aromatic carbocycles. The maximum Gasteiger partial charge on any atom is 0.0512 e. The van der Waals surface area contributed by atoms with E-state index in [9.17, 15) is 0 Å². The molecule has 0 aliphatic heterocycles. The standard InChI is InChI=1S/C14H29NO/c1-11(2)13-6-8-14(9-7-13)15-10-4-5-12(3)16/h11-16H,4-10H2,1-3H3. The number of nitrogens with one attached hydrogen (secondary N) is 1. The molecule has 0 aromatic rings. The van der Waals surface area contributed by atoms with Crippen molar-refractivity contribution < 1.29 is 5.11 Å². The van der Waals surface area contributed by atoms with E-state index in [1.807, 2.05) is 6.92 Å². The molecule has 0 spiro atoms. The molecule has 2 heteroatoms. The number of rotatable bonds is 6. The van der Waals surface area contributed by atoms with Crippen molar-refractivity contribution in [2.75, 3.05) is 6.54 Å². The monoisotopic (exact) mass is 227 g/mol. The van der Waals surface area contributed by atoms with Crippen LogP contribution >= 0.6 is 0 Å². The molecule has 0 aromatic heterocycles. The summed E-state index contributed by atoms with van der Waals surface area (Å²) in [6, 6.07) is 0.740. The van der Waals surface area contributed by atoms with Gasteiger partial charge in [0.05, 0.1) is 6.10 Å². The van der Waals surface area contributed by atoms with E-state index in [1.54, 1.807) is 0 Å². The van der Waals surface area contributed by atoms with E-state index < -0.39 is 0 Å². The molecule has 2 N–H and O–H groups in total. The van der Waals surface area contributed by atoms with Gasteiger partial charge in [-0.3, -0.25) is 0 Å². The third kappa shape index (κ3) is 5.31. The van der Waals surface area contributed by atoms with Crippen molar-refractivity contribution >= 4 is 0 Å². The van der Waals surface area contributed by atoms with Crippen LogP contribution in [0.15, 0.2) is 0 Å². The van der Waals surface area contributed by atoms with Crippen molar-refractivity contribution in [3.05, 3.63) is 0 Å². The highest BCUT2D eigenvalue weighted by molar-refractivity contribution is 4.78. The summed E-state index contributed by atoms with van der Waals surface area (Å²) in [7, 11) is 0. The topological polar surface area (TPSA) is 32.3 Å². The lowest BCUT2D eigenvalue weighted by atomic mass is 9.80. The number of hydrogen-bond acceptors (Lipinski definition) is 2. The summed E-state index contributed by atoms with van der Waals surface area (Å²) in [6.45, 7) is 7.64. The molecular formula is C14H29NO. The Bertz CT molecular complexity index is 172. The second-order valence-corrected chi connectivity index (χ2v) is 5.80. The van der Waals surface area contributed by atoms with E-state index in [2.05, 4.69) is 19.2 Å². The minimum atomic E-state index is -0.140. The van der Waals surface area contributed by atoms with Crippen molar-refractivity contribution in [1.82, 2.24) is 5.32 Å². The molecule has 96 valence electrons. The van der Waals surface area contributed by atoms with Gasteiger partial charge < -0.3 is 10.4 Å². The highest BCUT2D eigenvalue weighted by Crippen LogP contribution is 2.29. The van der Waals surface area contributed by atoms with Gasteiger partial charge in [-0.1, -0.05) is 13.8 Å². The van der Waals surface area contributed by atoms with Gasteiger partial charge in [0.25, 0.3) is 0 Å². The molecule has 1 rings (SSSR count). The normalized spacial score (nSPS) is 28.3. The SMILES string of the molecule is CC(O)CCCNC1CCC(C(C)C)CC1. The zero-order valence-electron chi connectivity index (χ0n) is 11.2. The van der Waals surface area contributed by atoms with E-state index >= 15 is 0 Å². The Morgan fingerprint density at radius 1 is 1.12 bits per heavy atom. The van der Waals surface area contributed by atoms with E-state index in [4.69, 9.17) is 5.11 Å². The fraction of sp³-hybridized carbons (Fsp3) is 1.00. The molecule has 0 bridgehead atoms. The van der Waals surface area contributed by atoms with Crippen LogP contribution in [0.2, 0.25) is 0 Å². The molecule has 1 aliphatic rings. The fourth-order valence-corrected chi connectivity index (χ4v) is 2.69. The fourth-order valence-electron chi connectivity index (χ4n) is 2.69. The lowest BCUT2D eigenvalue weighted by Gasteiger charge is -2.31. The van der Waals surface area contributed by atoms with Crippen LogP contribution in [0.25, 0.3) is 0 Å². The molecule has 16 heavy (non-hydrogen) atoms. The van der Waals surface area contributed by atoms with Gasteiger partial charge in [-0.25, -0.2) is 0 Å². The zero-order valence-corrected chi connectivity index (χ0v) is 11.2. The predicted molar refractivity (Wildman–Crippen MR) is 69.5 cm³/mol. The molecule has 1 unspecified atom stereocenters. The van der Waals surface area contributed by atoms with Gasteiger partial charge >= 0.3 is 0 Å². The van der Waals surface area contributed by atoms with E-state index in [-0.39, 0.29) is 6.10 Å². The van der Waals surface area contributed by atoms with Crippen LogP contribution in [0.1, 0.15) is 59.3 Å². The Morgan fingerprint density at radius 3 is 2.25 bits per heavy atom. The van der Waals surface area contributed by atoms with Crippen molar-refractivity contribution in [2.24, 2.45) is 11.8 Å². The maximum atomic E-state index is 9.16. The molecule has 1 aliphatic carbocycles. The average Bonchev–Trinajstić information content (AvgIpc) is 2.25. The third-order valence-corrected chi connectivity index (χ3v) is 3.95. The Labute approximate surface area is 101 Å². The quantitative estimate of drug-likeness (QED) is 0.684. The third-order valence-electron chi connectivity index (χ3n) is 3.95. The highest BCUT2D eigenvalue weighted by Gasteiger charge is 2.22. The summed E-state index contributed by atoms with van der Waals surface area (Å²) in [6.07, 6.45) is 7.36. The lowest BCUT2D eigenvalue weighted by Crippen LogP contribution is -2.34. The Balaban J connectivity index is 2.04. The summed E-state index contributed by atoms with van der Waals surface area (Å²) < 4.78 is 0. The molecule has 1 atom stereocenters. The van der Waals surface area contributed by atoms with Crippen LogP contribution in [0, 0.1) is 11.8 Å². The first-order chi connectivity index (χ1) is 7.59. The van der Waals surface area contributed by atoms with E-state index in [0.717, 1.165) is 37.3 Å². The first kappa shape index (κ1) is 14.0. The van der Waals surface area contributed by atoms with Crippen molar-refractivity contribution in [3.8, 4) is 0 Å². The van der Waals surface area contributed by atoms with Gasteiger partial charge in [0, 0.05) is 6.04 Å². The summed E-state index contributed by atoms with van der Waals surface area (Å²) in [5, 5.41) is 12.8. The molecule has 2 nitrogen and oxygen atoms in total. The summed E-state index contributed by atoms with van der Waals surface area (Å²) >= 11 is 0. The summed E-state index contributed by atoms with van der Waals surface area (Å²) in [5.41, 5.74) is 0. The smallest absolute Gasteiger partial charge is 0.0512 e. The van der Waals surface area contributed by atoms with Crippen LogP contribution in [0.3, 0.4) is 0 Å². The largest absolute Gasteiger partial charge is 0.393 e. The Kier molecular flexibility index (Phi) is 6.37. The van der Waals surface area contributed by atoms with Crippen LogP contribution in [-0.4, -0.2) is 23.8 Å². The first-order valence-electron chi connectivity index (χ1n) is 7.01. The van der Waals surface area contributed by atoms with Crippen molar-refractivity contribution in [1.29, 1.82) is 0 Å². The van der Waals surface area contributed by atoms with Gasteiger partial charge in [0.2, 0.25) is 0 Å². The predicted octanol–water partition coefficient (Wildman–Crippen LogP) is 2.95. The van der Waals surface area contributed by atoms with Crippen LogP contribution in [0.4, 0.5) is 0 Å². The first-order valence-corrected chi connectivity index (χ1v) is 7.01. The lowest BCUT2D eigenvalue weighted by molar-refractivity contribution is 0.179.